The van der Waals surface area contributed by atoms with Crippen LogP contribution in [0.5, 0.6) is 0 Å². The first-order chi connectivity index (χ1) is 12.7. The maximum Gasteiger partial charge on any atom is 0.222 e. The molecule has 1 aliphatic heterocycles. The number of hydrogen-bond donors (Lipinski definition) is 1. The molecule has 2 amide bonds. The van der Waals surface area contributed by atoms with Gasteiger partial charge >= 0.3 is 0 Å². The van der Waals surface area contributed by atoms with Crippen LogP contribution in [0, 0.1) is 5.92 Å². The van der Waals surface area contributed by atoms with Gasteiger partial charge in [0.1, 0.15) is 0 Å². The second-order valence-corrected chi connectivity index (χ2v) is 8.55. The highest BCUT2D eigenvalue weighted by Gasteiger charge is 2.28. The number of likely N-dealkylation sites (tertiary alicyclic amines) is 1. The zero-order valence-electron chi connectivity index (χ0n) is 15.8. The molecule has 1 aliphatic carbocycles. The summed E-state index contributed by atoms with van der Waals surface area (Å²) in [5.41, 5.74) is 1.05. The van der Waals surface area contributed by atoms with E-state index in [0.29, 0.717) is 30.7 Å². The Kier molecular flexibility index (Phi) is 7.06. The van der Waals surface area contributed by atoms with E-state index in [0.717, 1.165) is 49.5 Å². The summed E-state index contributed by atoms with van der Waals surface area (Å²) in [6.07, 6.45) is 9.28. The second kappa shape index (κ2) is 9.49. The van der Waals surface area contributed by atoms with E-state index in [2.05, 4.69) is 15.6 Å². The molecule has 1 aromatic heterocycles. The third kappa shape index (κ3) is 5.29. The van der Waals surface area contributed by atoms with E-state index in [1.54, 1.807) is 11.3 Å². The van der Waals surface area contributed by atoms with Gasteiger partial charge in [0, 0.05) is 50.2 Å². The van der Waals surface area contributed by atoms with Gasteiger partial charge < -0.3 is 10.2 Å². The van der Waals surface area contributed by atoms with Gasteiger partial charge in [0.05, 0.1) is 10.7 Å². The lowest BCUT2D eigenvalue weighted by Gasteiger charge is -2.32. The average molecular weight is 378 g/mol. The number of piperidine rings is 1. The fraction of sp³-hybridized carbons (Fsp3) is 0.750. The van der Waals surface area contributed by atoms with Crippen molar-refractivity contribution in [3.63, 3.8) is 0 Å². The Morgan fingerprint density at radius 3 is 2.85 bits per heavy atom. The molecule has 0 spiro atoms. The number of nitrogens with one attached hydrogen (secondary N) is 1. The predicted molar refractivity (Wildman–Crippen MR) is 104 cm³/mol. The van der Waals surface area contributed by atoms with Crippen molar-refractivity contribution in [2.45, 2.75) is 70.6 Å². The van der Waals surface area contributed by atoms with E-state index < -0.39 is 0 Å². The van der Waals surface area contributed by atoms with Gasteiger partial charge in [0.25, 0.3) is 0 Å². The van der Waals surface area contributed by atoms with Gasteiger partial charge in [0.2, 0.25) is 11.8 Å². The molecule has 2 aliphatic rings. The van der Waals surface area contributed by atoms with Gasteiger partial charge in [-0.05, 0) is 31.6 Å². The van der Waals surface area contributed by atoms with Crippen LogP contribution < -0.4 is 5.32 Å². The Bertz CT molecular complexity index is 610. The van der Waals surface area contributed by atoms with Crippen LogP contribution in [0.15, 0.2) is 5.38 Å². The van der Waals surface area contributed by atoms with Crippen molar-refractivity contribution in [3.05, 3.63) is 16.1 Å². The summed E-state index contributed by atoms with van der Waals surface area (Å²) in [6.45, 7) is 4.24. The molecule has 6 heteroatoms. The number of rotatable bonds is 7. The third-order valence-corrected chi connectivity index (χ3v) is 6.71. The van der Waals surface area contributed by atoms with Crippen LogP contribution in [-0.4, -0.2) is 41.3 Å². The molecule has 5 nitrogen and oxygen atoms in total. The van der Waals surface area contributed by atoms with Crippen molar-refractivity contribution in [1.29, 1.82) is 0 Å². The topological polar surface area (TPSA) is 62.3 Å². The Labute approximate surface area is 160 Å². The Morgan fingerprint density at radius 2 is 2.08 bits per heavy atom. The van der Waals surface area contributed by atoms with Gasteiger partial charge in [-0.3, -0.25) is 9.59 Å². The molecule has 0 bridgehead atoms. The van der Waals surface area contributed by atoms with Gasteiger partial charge in [-0.2, -0.15) is 0 Å². The van der Waals surface area contributed by atoms with Crippen LogP contribution in [0.4, 0.5) is 0 Å². The number of carbonyl (C=O) groups excluding carboxylic acids is 2. The monoisotopic (exact) mass is 377 g/mol. The molecule has 26 heavy (non-hydrogen) atoms. The molecule has 1 saturated carbocycles. The summed E-state index contributed by atoms with van der Waals surface area (Å²) in [5, 5.41) is 6.16. The second-order valence-electron chi connectivity index (χ2n) is 7.66. The molecule has 0 radical (unpaired) electrons. The Balaban J connectivity index is 1.49. The highest BCUT2D eigenvalue weighted by atomic mass is 32.1. The lowest BCUT2D eigenvalue weighted by molar-refractivity contribution is -0.133. The fourth-order valence-corrected chi connectivity index (χ4v) is 5.06. The van der Waals surface area contributed by atoms with Crippen LogP contribution in [-0.2, 0) is 16.0 Å². The maximum atomic E-state index is 12.6. The maximum absolute atomic E-state index is 12.6. The highest BCUT2D eigenvalue weighted by Crippen LogP contribution is 2.32. The zero-order valence-corrected chi connectivity index (χ0v) is 16.7. The molecule has 0 aromatic carbocycles. The molecule has 3 rings (SSSR count). The largest absolute Gasteiger partial charge is 0.356 e. The third-order valence-electron chi connectivity index (χ3n) is 5.66. The quantitative estimate of drug-likeness (QED) is 0.791. The van der Waals surface area contributed by atoms with Crippen LogP contribution in [0.3, 0.4) is 0 Å². The van der Waals surface area contributed by atoms with Crippen LogP contribution in [0.1, 0.15) is 74.9 Å². The van der Waals surface area contributed by atoms with E-state index in [1.165, 1.54) is 25.7 Å². The molecule has 1 atom stereocenters. The first kappa shape index (κ1) is 19.3. The minimum atomic E-state index is 0.0872. The first-order valence-electron chi connectivity index (χ1n) is 10.1. The lowest BCUT2D eigenvalue weighted by atomic mass is 9.97. The number of hydrogen-bond acceptors (Lipinski definition) is 4. The molecule has 1 saturated heterocycles. The van der Waals surface area contributed by atoms with Crippen molar-refractivity contribution in [2.75, 3.05) is 19.6 Å². The van der Waals surface area contributed by atoms with Crippen molar-refractivity contribution >= 4 is 23.2 Å². The highest BCUT2D eigenvalue weighted by molar-refractivity contribution is 7.09. The first-order valence-corrected chi connectivity index (χ1v) is 11.0. The summed E-state index contributed by atoms with van der Waals surface area (Å²) in [5.74, 6) is 1.43. The van der Waals surface area contributed by atoms with Crippen LogP contribution in [0.25, 0.3) is 0 Å². The molecule has 2 fully saturated rings. The van der Waals surface area contributed by atoms with Crippen molar-refractivity contribution in [3.8, 4) is 0 Å². The summed E-state index contributed by atoms with van der Waals surface area (Å²) in [7, 11) is 0. The Hall–Kier alpha value is -1.43. The Morgan fingerprint density at radius 1 is 1.27 bits per heavy atom. The van der Waals surface area contributed by atoms with Gasteiger partial charge in [-0.1, -0.05) is 19.8 Å². The number of nitrogens with zero attached hydrogens (tertiary/aromatic N) is 2. The van der Waals surface area contributed by atoms with Gasteiger partial charge in [-0.15, -0.1) is 11.3 Å². The van der Waals surface area contributed by atoms with Crippen LogP contribution in [0.2, 0.25) is 0 Å². The fourth-order valence-electron chi connectivity index (χ4n) is 4.08. The minimum absolute atomic E-state index is 0.0872. The van der Waals surface area contributed by atoms with Crippen LogP contribution >= 0.6 is 11.3 Å². The average Bonchev–Trinajstić information content (AvgIpc) is 3.33. The van der Waals surface area contributed by atoms with E-state index in [1.807, 2.05) is 6.92 Å². The van der Waals surface area contributed by atoms with E-state index >= 15 is 0 Å². The summed E-state index contributed by atoms with van der Waals surface area (Å²) < 4.78 is 0. The molecule has 1 N–H and O–H groups in total. The lowest BCUT2D eigenvalue weighted by Crippen LogP contribution is -2.39. The number of amides is 2. The predicted octanol–water partition coefficient (Wildman–Crippen LogP) is 3.50. The summed E-state index contributed by atoms with van der Waals surface area (Å²) in [6, 6.07) is 0. The number of thiazole rings is 1. The van der Waals surface area contributed by atoms with E-state index in [9.17, 15) is 9.59 Å². The number of aromatic nitrogens is 1. The standard InChI is InChI=1S/C20H31N3O2S/c1-2-18(24)21-10-9-17-14-26-20(22-17)16-8-5-11-23(13-16)19(25)12-15-6-3-4-7-15/h14-16H,2-13H2,1H3,(H,21,24)/t16-/m0/s1. The van der Waals surface area contributed by atoms with Crippen molar-refractivity contribution in [2.24, 2.45) is 5.92 Å². The van der Waals surface area contributed by atoms with E-state index in [-0.39, 0.29) is 5.91 Å². The minimum Gasteiger partial charge on any atom is -0.356 e. The molecular weight excluding hydrogens is 346 g/mol. The normalized spacial score (nSPS) is 21.1. The molecule has 2 heterocycles. The van der Waals surface area contributed by atoms with Gasteiger partial charge in [-0.25, -0.2) is 4.98 Å². The smallest absolute Gasteiger partial charge is 0.222 e. The molecule has 0 unspecified atom stereocenters. The SMILES string of the molecule is CCC(=O)NCCc1csc([C@H]2CCCN(C(=O)CC3CCCC3)C2)n1. The molecular formula is C20H31N3O2S. The summed E-state index contributed by atoms with van der Waals surface area (Å²) in [4.78, 5) is 30.8. The van der Waals surface area contributed by atoms with Crippen molar-refractivity contribution in [1.82, 2.24) is 15.2 Å². The van der Waals surface area contributed by atoms with Gasteiger partial charge in [0.15, 0.2) is 0 Å². The van der Waals surface area contributed by atoms with Crippen molar-refractivity contribution < 1.29 is 9.59 Å². The zero-order chi connectivity index (χ0) is 18.4. The molecule has 1 aromatic rings. The van der Waals surface area contributed by atoms with E-state index in [4.69, 9.17) is 4.98 Å². The number of carbonyl (C=O) groups is 2. The molecule has 144 valence electrons. The summed E-state index contributed by atoms with van der Waals surface area (Å²) >= 11 is 1.71.